The van der Waals surface area contributed by atoms with Crippen LogP contribution in [0, 0.1) is 0 Å². The molecule has 1 aromatic rings. The zero-order valence-electron chi connectivity index (χ0n) is 13.2. The molecule has 1 rings (SSSR count). The fraction of sp³-hybridized carbons (Fsp3) is 0.706. The lowest BCUT2D eigenvalue weighted by molar-refractivity contribution is 0.800. The van der Waals surface area contributed by atoms with Gasteiger partial charge in [-0.2, -0.15) is 24.4 Å². The van der Waals surface area contributed by atoms with E-state index < -0.39 is 0 Å². The zero-order valence-corrected chi connectivity index (χ0v) is 13.2. The van der Waals surface area contributed by atoms with Crippen molar-refractivity contribution in [2.75, 3.05) is 0 Å². The minimum atomic E-state index is -0.372. The largest absolute Gasteiger partial charge is 0.268 e. The second-order valence-electron chi connectivity index (χ2n) is 6.19. The van der Waals surface area contributed by atoms with Crippen LogP contribution >= 0.6 is 0 Å². The molecule has 108 valence electrons. The van der Waals surface area contributed by atoms with Gasteiger partial charge in [0.05, 0.1) is 0 Å². The monoisotopic (exact) mass is 260 g/mol. The summed E-state index contributed by atoms with van der Waals surface area (Å²) in [6.07, 6.45) is 15.9. The molecule has 0 aliphatic rings. The Morgan fingerprint density at radius 1 is 0.895 bits per heavy atom. The van der Waals surface area contributed by atoms with Gasteiger partial charge in [0.15, 0.2) is 0 Å². The fourth-order valence-corrected chi connectivity index (χ4v) is 3.46. The molecule has 2 heteroatoms. The van der Waals surface area contributed by atoms with Crippen LogP contribution in [0.3, 0.4) is 0 Å². The van der Waals surface area contributed by atoms with Crippen molar-refractivity contribution < 1.29 is 0 Å². The molecule has 0 atom stereocenters. The van der Waals surface area contributed by atoms with E-state index in [2.05, 4.69) is 44.1 Å². The second kappa shape index (κ2) is 9.17. The van der Waals surface area contributed by atoms with Crippen molar-refractivity contribution >= 4 is 11.6 Å². The van der Waals surface area contributed by atoms with Crippen LogP contribution in [-0.2, 0) is 0 Å². The van der Waals surface area contributed by atoms with E-state index in [1.54, 1.807) is 0 Å². The van der Waals surface area contributed by atoms with E-state index in [4.69, 9.17) is 0 Å². The van der Waals surface area contributed by atoms with Gasteiger partial charge in [-0.3, -0.25) is 4.98 Å². The van der Waals surface area contributed by atoms with Gasteiger partial charge in [-0.1, -0.05) is 65.4 Å². The minimum absolute atomic E-state index is 0.372. The molecule has 0 fully saturated rings. The van der Waals surface area contributed by atoms with Crippen LogP contribution in [0.15, 0.2) is 24.5 Å². The molecule has 0 aromatic carbocycles. The zero-order chi connectivity index (χ0) is 14.0. The van der Waals surface area contributed by atoms with Gasteiger partial charge in [0.25, 0.3) is 0 Å². The first-order chi connectivity index (χ1) is 9.29. The third-order valence-electron chi connectivity index (χ3n) is 4.72. The second-order valence-corrected chi connectivity index (χ2v) is 6.19. The van der Waals surface area contributed by atoms with Gasteiger partial charge in [-0.05, 0) is 12.3 Å². The lowest BCUT2D eigenvalue weighted by Gasteiger charge is -2.41. The van der Waals surface area contributed by atoms with E-state index in [0.717, 1.165) is 0 Å². The first kappa shape index (κ1) is 16.3. The maximum Gasteiger partial charge on any atom is 0.0298 e. The van der Waals surface area contributed by atoms with Crippen molar-refractivity contribution in [2.24, 2.45) is 0 Å². The van der Waals surface area contributed by atoms with E-state index in [1.807, 2.05) is 6.20 Å². The lowest BCUT2D eigenvalue weighted by Crippen LogP contribution is -2.47. The Morgan fingerprint density at radius 2 is 1.42 bits per heavy atom. The molecule has 1 heterocycles. The van der Waals surface area contributed by atoms with E-state index in [-0.39, 0.29) is 6.15 Å². The maximum absolute atomic E-state index is 4.39. The topological polar surface area (TPSA) is 12.9 Å². The molecule has 0 unspecified atom stereocenters. The normalized spacial score (nSPS) is 11.7. The molecular weight excluding hydrogens is 229 g/mol. The summed E-state index contributed by atoms with van der Waals surface area (Å²) in [5.41, 5.74) is 1.54. The van der Waals surface area contributed by atoms with Crippen molar-refractivity contribution in [3.63, 3.8) is 0 Å². The molecule has 19 heavy (non-hydrogen) atoms. The molecule has 0 aliphatic heterocycles. The van der Waals surface area contributed by atoms with E-state index in [9.17, 15) is 0 Å². The molecule has 0 amide bonds. The van der Waals surface area contributed by atoms with Crippen LogP contribution in [0.25, 0.3) is 0 Å². The third-order valence-corrected chi connectivity index (χ3v) is 4.72. The molecule has 0 N–H and O–H groups in total. The average molecular weight is 260 g/mol. The molecule has 1 nitrogen and oxygen atoms in total. The fourth-order valence-electron chi connectivity index (χ4n) is 3.46. The molecule has 0 saturated carbocycles. The molecule has 0 radical (unpaired) electrons. The van der Waals surface area contributed by atoms with Crippen LogP contribution in [0.1, 0.15) is 59.3 Å². The smallest absolute Gasteiger partial charge is 0.0298 e. The van der Waals surface area contributed by atoms with Crippen molar-refractivity contribution in [1.29, 1.82) is 0 Å². The van der Waals surface area contributed by atoms with Crippen LogP contribution in [0.2, 0.25) is 19.0 Å². The number of pyridine rings is 1. The summed E-state index contributed by atoms with van der Waals surface area (Å²) < 4.78 is 0. The molecule has 0 bridgehead atoms. The van der Waals surface area contributed by atoms with Crippen LogP contribution in [-0.4, -0.2) is 11.1 Å². The SMILES string of the molecule is CCCC[B-](CCCC)(CCCC)c1cccnc1. The molecule has 0 saturated heterocycles. The molecular formula is C17H31BN-. The Balaban J connectivity index is 2.94. The Kier molecular flexibility index (Phi) is 7.85. The molecule has 0 aliphatic carbocycles. The van der Waals surface area contributed by atoms with Crippen molar-refractivity contribution in [3.05, 3.63) is 24.5 Å². The summed E-state index contributed by atoms with van der Waals surface area (Å²) >= 11 is 0. The van der Waals surface area contributed by atoms with Crippen molar-refractivity contribution in [2.45, 2.75) is 78.3 Å². The predicted octanol–water partition coefficient (Wildman–Crippen LogP) is 5.14. The Morgan fingerprint density at radius 3 is 1.79 bits per heavy atom. The highest BCUT2D eigenvalue weighted by molar-refractivity contribution is 6.91. The summed E-state index contributed by atoms with van der Waals surface area (Å²) in [4.78, 5) is 4.39. The van der Waals surface area contributed by atoms with Crippen LogP contribution in [0.4, 0.5) is 0 Å². The third kappa shape index (κ3) is 5.01. The van der Waals surface area contributed by atoms with Crippen LogP contribution < -0.4 is 5.46 Å². The number of hydrogen-bond acceptors (Lipinski definition) is 1. The highest BCUT2D eigenvalue weighted by Gasteiger charge is 2.24. The first-order valence-corrected chi connectivity index (χ1v) is 8.40. The van der Waals surface area contributed by atoms with Crippen molar-refractivity contribution in [3.8, 4) is 0 Å². The van der Waals surface area contributed by atoms with Gasteiger partial charge < -0.3 is 0 Å². The minimum Gasteiger partial charge on any atom is -0.268 e. The maximum atomic E-state index is 4.39. The first-order valence-electron chi connectivity index (χ1n) is 8.40. The van der Waals surface area contributed by atoms with Gasteiger partial charge in [0.2, 0.25) is 0 Å². The standard InChI is InChI=1S/C17H31BN/c1-4-7-12-18(13-8-5-2,14-9-6-3)17-11-10-15-19-16-17/h10-11,15-16H,4-9,12-14H2,1-3H3/q-1. The van der Waals surface area contributed by atoms with Gasteiger partial charge in [0, 0.05) is 12.3 Å². The summed E-state index contributed by atoms with van der Waals surface area (Å²) in [7, 11) is 0. The number of nitrogens with zero attached hydrogens (tertiary/aromatic N) is 1. The number of hydrogen-bond donors (Lipinski definition) is 0. The highest BCUT2D eigenvalue weighted by atomic mass is 14.6. The summed E-state index contributed by atoms with van der Waals surface area (Å²) in [6, 6.07) is 4.45. The van der Waals surface area contributed by atoms with Crippen LogP contribution in [0.5, 0.6) is 0 Å². The highest BCUT2D eigenvalue weighted by Crippen LogP contribution is 2.28. The molecule has 1 aromatic heterocycles. The summed E-state index contributed by atoms with van der Waals surface area (Å²) in [5, 5.41) is 0. The number of aromatic nitrogens is 1. The lowest BCUT2D eigenvalue weighted by atomic mass is 9.16. The molecule has 0 spiro atoms. The number of unbranched alkanes of at least 4 members (excludes halogenated alkanes) is 3. The predicted molar refractivity (Wildman–Crippen MR) is 88.8 cm³/mol. The van der Waals surface area contributed by atoms with E-state index in [1.165, 1.54) is 62.9 Å². The van der Waals surface area contributed by atoms with Gasteiger partial charge in [-0.15, -0.1) is 0 Å². The van der Waals surface area contributed by atoms with Gasteiger partial charge in [0.1, 0.15) is 0 Å². The van der Waals surface area contributed by atoms with E-state index >= 15 is 0 Å². The summed E-state index contributed by atoms with van der Waals surface area (Å²) in [5.74, 6) is 0. The Hall–Kier alpha value is -0.785. The number of rotatable bonds is 10. The average Bonchev–Trinajstić information content (AvgIpc) is 2.48. The van der Waals surface area contributed by atoms with E-state index in [0.29, 0.717) is 0 Å². The van der Waals surface area contributed by atoms with Gasteiger partial charge in [-0.25, -0.2) is 0 Å². The summed E-state index contributed by atoms with van der Waals surface area (Å²) in [6.45, 7) is 6.93. The quantitative estimate of drug-likeness (QED) is 0.531. The van der Waals surface area contributed by atoms with Gasteiger partial charge >= 0.3 is 0 Å². The Bertz CT molecular complexity index is 302. The Labute approximate surface area is 120 Å². The van der Waals surface area contributed by atoms with Crippen molar-refractivity contribution in [1.82, 2.24) is 4.98 Å².